The molecule has 104 valence electrons. The van der Waals surface area contributed by atoms with Gasteiger partial charge in [-0.05, 0) is 24.3 Å². The fourth-order valence-electron chi connectivity index (χ4n) is 1.65. The maximum Gasteiger partial charge on any atom is 0.262 e. The van der Waals surface area contributed by atoms with Gasteiger partial charge in [0.2, 0.25) is 0 Å². The molecule has 0 fully saturated rings. The van der Waals surface area contributed by atoms with Gasteiger partial charge in [-0.15, -0.1) is 0 Å². The number of amides is 1. The van der Waals surface area contributed by atoms with Crippen molar-refractivity contribution in [2.75, 3.05) is 19.0 Å². The summed E-state index contributed by atoms with van der Waals surface area (Å²) in [6, 6.07) is 13.6. The third-order valence-electron chi connectivity index (χ3n) is 2.61. The quantitative estimate of drug-likeness (QED) is 0.821. The van der Waals surface area contributed by atoms with Gasteiger partial charge in [0.05, 0.1) is 12.8 Å². The number of methoxy groups -OCH3 is 1. The average molecular weight is 273 g/mol. The Hall–Kier alpha value is -2.69. The van der Waals surface area contributed by atoms with Gasteiger partial charge in [-0.1, -0.05) is 24.3 Å². The third kappa shape index (κ3) is 3.41. The smallest absolute Gasteiger partial charge is 0.262 e. The summed E-state index contributed by atoms with van der Waals surface area (Å²) in [6.45, 7) is -0.172. The van der Waals surface area contributed by atoms with Gasteiger partial charge in [-0.3, -0.25) is 4.79 Å². The van der Waals surface area contributed by atoms with Crippen LogP contribution in [-0.2, 0) is 4.79 Å². The molecule has 20 heavy (non-hydrogen) atoms. The molecule has 0 aliphatic heterocycles. The van der Waals surface area contributed by atoms with Crippen LogP contribution in [0.1, 0.15) is 0 Å². The van der Waals surface area contributed by atoms with Crippen LogP contribution in [0.5, 0.6) is 17.2 Å². The molecule has 5 heteroatoms. The van der Waals surface area contributed by atoms with Crippen molar-refractivity contribution in [3.05, 3.63) is 48.5 Å². The van der Waals surface area contributed by atoms with E-state index in [1.165, 1.54) is 13.2 Å². The predicted octanol–water partition coefficient (Wildman–Crippen LogP) is 2.42. The van der Waals surface area contributed by atoms with Crippen LogP contribution in [0.2, 0.25) is 0 Å². The highest BCUT2D eigenvalue weighted by Gasteiger charge is 2.08. The number of phenolic OH excluding ortho intramolecular Hbond substituents is 1. The Morgan fingerprint density at radius 2 is 1.75 bits per heavy atom. The van der Waals surface area contributed by atoms with E-state index >= 15 is 0 Å². The minimum absolute atomic E-state index is 0.0122. The number of carbonyl (C=O) groups excluding carboxylic acids is 1. The summed E-state index contributed by atoms with van der Waals surface area (Å²) in [4.78, 5) is 11.7. The van der Waals surface area contributed by atoms with E-state index in [2.05, 4.69) is 5.32 Å². The first kappa shape index (κ1) is 13.7. The number of hydrogen-bond donors (Lipinski definition) is 2. The second-order valence-electron chi connectivity index (χ2n) is 4.00. The summed E-state index contributed by atoms with van der Waals surface area (Å²) in [5, 5.41) is 12.1. The minimum atomic E-state index is -0.364. The van der Waals surface area contributed by atoms with E-state index in [1.807, 2.05) is 6.07 Å². The van der Waals surface area contributed by atoms with Crippen molar-refractivity contribution in [3.8, 4) is 17.2 Å². The summed E-state index contributed by atoms with van der Waals surface area (Å²) in [6.07, 6.45) is 0. The number of ether oxygens (including phenoxy) is 2. The van der Waals surface area contributed by atoms with Crippen molar-refractivity contribution in [2.45, 2.75) is 0 Å². The summed E-state index contributed by atoms with van der Waals surface area (Å²) < 4.78 is 10.5. The van der Waals surface area contributed by atoms with Crippen LogP contribution < -0.4 is 14.8 Å². The Labute approximate surface area is 116 Å². The molecule has 0 bridgehead atoms. The molecule has 0 saturated carbocycles. The van der Waals surface area contributed by atoms with Gasteiger partial charge in [0.25, 0.3) is 5.91 Å². The highest BCUT2D eigenvalue weighted by atomic mass is 16.5. The van der Waals surface area contributed by atoms with Crippen LogP contribution in [0.25, 0.3) is 0 Å². The SMILES string of the molecule is COc1ccccc1OCC(=O)Nc1ccccc1O. The van der Waals surface area contributed by atoms with E-state index in [0.29, 0.717) is 17.2 Å². The van der Waals surface area contributed by atoms with E-state index in [-0.39, 0.29) is 18.3 Å². The van der Waals surface area contributed by atoms with Gasteiger partial charge in [0.1, 0.15) is 5.75 Å². The predicted molar refractivity (Wildman–Crippen MR) is 75.2 cm³/mol. The first-order chi connectivity index (χ1) is 9.70. The van der Waals surface area contributed by atoms with Crippen molar-refractivity contribution < 1.29 is 19.4 Å². The maximum atomic E-state index is 11.7. The molecule has 2 aromatic rings. The second-order valence-corrected chi connectivity index (χ2v) is 4.00. The standard InChI is InChI=1S/C15H15NO4/c1-19-13-8-4-5-9-14(13)20-10-15(18)16-11-6-2-3-7-12(11)17/h2-9,17H,10H2,1H3,(H,16,18). The number of phenols is 1. The van der Waals surface area contributed by atoms with Gasteiger partial charge >= 0.3 is 0 Å². The van der Waals surface area contributed by atoms with E-state index in [1.54, 1.807) is 36.4 Å². The molecule has 0 aliphatic carbocycles. The number of anilines is 1. The third-order valence-corrected chi connectivity index (χ3v) is 2.61. The Morgan fingerprint density at radius 3 is 2.45 bits per heavy atom. The summed E-state index contributed by atoms with van der Waals surface area (Å²) >= 11 is 0. The van der Waals surface area contributed by atoms with E-state index < -0.39 is 0 Å². The molecule has 0 radical (unpaired) electrons. The van der Waals surface area contributed by atoms with E-state index in [4.69, 9.17) is 9.47 Å². The van der Waals surface area contributed by atoms with E-state index in [9.17, 15) is 9.90 Å². The minimum Gasteiger partial charge on any atom is -0.506 e. The van der Waals surface area contributed by atoms with Crippen molar-refractivity contribution in [3.63, 3.8) is 0 Å². The molecule has 0 spiro atoms. The summed E-state index contributed by atoms with van der Waals surface area (Å²) in [7, 11) is 1.53. The van der Waals surface area contributed by atoms with Gasteiger partial charge in [-0.25, -0.2) is 0 Å². The van der Waals surface area contributed by atoms with Crippen LogP contribution in [0.15, 0.2) is 48.5 Å². The molecule has 2 N–H and O–H groups in total. The van der Waals surface area contributed by atoms with Crippen LogP contribution >= 0.6 is 0 Å². The molecule has 0 saturated heterocycles. The lowest BCUT2D eigenvalue weighted by Crippen LogP contribution is -2.20. The van der Waals surface area contributed by atoms with Gasteiger partial charge in [-0.2, -0.15) is 0 Å². The summed E-state index contributed by atoms with van der Waals surface area (Å²) in [5.41, 5.74) is 0.348. The Bertz CT molecular complexity index is 598. The van der Waals surface area contributed by atoms with E-state index in [0.717, 1.165) is 0 Å². The lowest BCUT2D eigenvalue weighted by Gasteiger charge is -2.11. The maximum absolute atomic E-state index is 11.7. The fraction of sp³-hybridized carbons (Fsp3) is 0.133. The molecule has 0 aromatic heterocycles. The van der Waals surface area contributed by atoms with Crippen molar-refractivity contribution in [1.82, 2.24) is 0 Å². The molecule has 0 unspecified atom stereocenters. The first-order valence-corrected chi connectivity index (χ1v) is 6.04. The Kier molecular flexibility index (Phi) is 4.44. The molecule has 2 rings (SSSR count). The number of hydrogen-bond acceptors (Lipinski definition) is 4. The number of carbonyl (C=O) groups is 1. The Morgan fingerprint density at radius 1 is 1.10 bits per heavy atom. The highest BCUT2D eigenvalue weighted by molar-refractivity contribution is 5.93. The topological polar surface area (TPSA) is 67.8 Å². The number of aromatic hydroxyl groups is 1. The monoisotopic (exact) mass is 273 g/mol. The largest absolute Gasteiger partial charge is 0.506 e. The van der Waals surface area contributed by atoms with Crippen molar-refractivity contribution >= 4 is 11.6 Å². The molecule has 0 aliphatic rings. The van der Waals surface area contributed by atoms with Gasteiger partial charge in [0.15, 0.2) is 18.1 Å². The molecule has 2 aromatic carbocycles. The first-order valence-electron chi connectivity index (χ1n) is 6.04. The summed E-state index contributed by atoms with van der Waals surface area (Å²) in [5.74, 6) is 0.695. The lowest BCUT2D eigenvalue weighted by atomic mass is 10.3. The second kappa shape index (κ2) is 6.47. The molecular weight excluding hydrogens is 258 g/mol. The average Bonchev–Trinajstić information content (AvgIpc) is 2.48. The zero-order valence-corrected chi connectivity index (χ0v) is 11.0. The van der Waals surface area contributed by atoms with Crippen LogP contribution in [0.3, 0.4) is 0 Å². The number of para-hydroxylation sites is 4. The molecule has 0 atom stereocenters. The zero-order chi connectivity index (χ0) is 14.4. The van der Waals surface area contributed by atoms with Crippen LogP contribution in [-0.4, -0.2) is 24.7 Å². The van der Waals surface area contributed by atoms with Crippen LogP contribution in [0, 0.1) is 0 Å². The number of rotatable bonds is 5. The van der Waals surface area contributed by atoms with Gasteiger partial charge in [0, 0.05) is 0 Å². The molecule has 5 nitrogen and oxygen atoms in total. The van der Waals surface area contributed by atoms with Crippen molar-refractivity contribution in [1.29, 1.82) is 0 Å². The normalized spacial score (nSPS) is 9.85. The lowest BCUT2D eigenvalue weighted by molar-refractivity contribution is -0.118. The zero-order valence-electron chi connectivity index (χ0n) is 11.0. The fourth-order valence-corrected chi connectivity index (χ4v) is 1.65. The number of benzene rings is 2. The highest BCUT2D eigenvalue weighted by Crippen LogP contribution is 2.26. The molecule has 1 amide bonds. The van der Waals surface area contributed by atoms with Crippen LogP contribution in [0.4, 0.5) is 5.69 Å². The van der Waals surface area contributed by atoms with Gasteiger partial charge < -0.3 is 19.9 Å². The molecular formula is C15H15NO4. The Balaban J connectivity index is 1.94. The van der Waals surface area contributed by atoms with Crippen molar-refractivity contribution in [2.24, 2.45) is 0 Å². The molecule has 0 heterocycles. The number of nitrogens with one attached hydrogen (secondary N) is 1.